The summed E-state index contributed by atoms with van der Waals surface area (Å²) < 4.78 is 10.8. The van der Waals surface area contributed by atoms with Gasteiger partial charge in [-0.15, -0.1) is 0 Å². The van der Waals surface area contributed by atoms with Gasteiger partial charge in [-0.3, -0.25) is 14.5 Å². The average molecular weight is 457 g/mol. The van der Waals surface area contributed by atoms with Crippen LogP contribution in [-0.4, -0.2) is 70.7 Å². The van der Waals surface area contributed by atoms with Gasteiger partial charge in [0.15, 0.2) is 11.8 Å². The van der Waals surface area contributed by atoms with E-state index in [-0.39, 0.29) is 30.4 Å². The van der Waals surface area contributed by atoms with Crippen molar-refractivity contribution in [2.75, 3.05) is 32.8 Å². The first-order valence-electron chi connectivity index (χ1n) is 11.8. The molecule has 2 aromatic rings. The minimum absolute atomic E-state index is 0.0469. The number of aryl methyl sites for hydroxylation is 2. The standard InChI is InChI=1S/C24H32N4O5/c1-15-7-20(33-26-15)21(22(30)25-19-5-3-4-6-19)27-9-18-10-28(13-24(18,12-27)14-29)23(31)17-8-16(2)32-11-17/h7-8,11,18-19,21,29H,3-6,9-10,12-14H2,1-2H3,(H,25,30)/t18-,21?,24+/m0/s1. The number of aromatic nitrogens is 1. The van der Waals surface area contributed by atoms with Gasteiger partial charge in [-0.25, -0.2) is 0 Å². The largest absolute Gasteiger partial charge is 0.469 e. The van der Waals surface area contributed by atoms with Crippen molar-refractivity contribution < 1.29 is 23.6 Å². The second kappa shape index (κ2) is 8.61. The number of aliphatic hydroxyl groups excluding tert-OH is 1. The van der Waals surface area contributed by atoms with Crippen molar-refractivity contribution >= 4 is 11.8 Å². The third-order valence-electron chi connectivity index (χ3n) is 7.60. The second-order valence-corrected chi connectivity index (χ2v) is 10.0. The highest BCUT2D eigenvalue weighted by Crippen LogP contribution is 2.45. The Balaban J connectivity index is 1.35. The molecule has 2 N–H and O–H groups in total. The number of aliphatic hydroxyl groups is 1. The lowest BCUT2D eigenvalue weighted by Crippen LogP contribution is -2.45. The lowest BCUT2D eigenvalue weighted by atomic mass is 9.82. The molecule has 5 rings (SSSR count). The number of rotatable bonds is 6. The Morgan fingerprint density at radius 2 is 2.03 bits per heavy atom. The van der Waals surface area contributed by atoms with Crippen LogP contribution in [0.4, 0.5) is 0 Å². The SMILES string of the molecule is Cc1cc(C(C(=O)NC2CCCC2)N2C[C@H]3CN(C(=O)c4coc(C)c4)C[C@@]3(CO)C2)on1. The van der Waals surface area contributed by atoms with Crippen molar-refractivity contribution in [3.05, 3.63) is 41.2 Å². The molecule has 178 valence electrons. The number of furan rings is 1. The number of nitrogens with zero attached hydrogens (tertiary/aromatic N) is 3. The molecular weight excluding hydrogens is 424 g/mol. The molecule has 1 unspecified atom stereocenters. The molecule has 33 heavy (non-hydrogen) atoms. The predicted octanol–water partition coefficient (Wildman–Crippen LogP) is 2.05. The molecule has 3 fully saturated rings. The maximum atomic E-state index is 13.4. The maximum Gasteiger partial charge on any atom is 0.257 e. The van der Waals surface area contributed by atoms with E-state index in [0.717, 1.165) is 31.4 Å². The Hall–Kier alpha value is -2.65. The topological polar surface area (TPSA) is 112 Å². The molecule has 0 radical (unpaired) electrons. The van der Waals surface area contributed by atoms with E-state index >= 15 is 0 Å². The lowest BCUT2D eigenvalue weighted by molar-refractivity contribution is -0.128. The van der Waals surface area contributed by atoms with Gasteiger partial charge < -0.3 is 24.3 Å². The third kappa shape index (κ3) is 4.08. The molecule has 1 aliphatic carbocycles. The summed E-state index contributed by atoms with van der Waals surface area (Å²) >= 11 is 0. The van der Waals surface area contributed by atoms with Crippen LogP contribution in [0.25, 0.3) is 0 Å². The summed E-state index contributed by atoms with van der Waals surface area (Å²) in [6.07, 6.45) is 5.76. The van der Waals surface area contributed by atoms with Crippen LogP contribution in [0, 0.1) is 25.2 Å². The fraction of sp³-hybridized carbons (Fsp3) is 0.625. The van der Waals surface area contributed by atoms with Crippen LogP contribution in [-0.2, 0) is 4.79 Å². The van der Waals surface area contributed by atoms with E-state index in [9.17, 15) is 14.7 Å². The number of carbonyl (C=O) groups excluding carboxylic acids is 2. The molecule has 2 aromatic heterocycles. The van der Waals surface area contributed by atoms with E-state index in [1.165, 1.54) is 6.26 Å². The van der Waals surface area contributed by atoms with Crippen LogP contribution >= 0.6 is 0 Å². The number of hydrogen-bond acceptors (Lipinski definition) is 7. The Bertz CT molecular complexity index is 1030. The summed E-state index contributed by atoms with van der Waals surface area (Å²) in [4.78, 5) is 30.3. The number of amides is 2. The maximum absolute atomic E-state index is 13.4. The highest BCUT2D eigenvalue weighted by Gasteiger charge is 2.55. The average Bonchev–Trinajstić information content (AvgIpc) is 3.58. The molecule has 0 spiro atoms. The van der Waals surface area contributed by atoms with Crippen LogP contribution in [0.15, 0.2) is 27.3 Å². The Morgan fingerprint density at radius 3 is 2.64 bits per heavy atom. The molecule has 1 saturated carbocycles. The summed E-state index contributed by atoms with van der Waals surface area (Å²) in [5.41, 5.74) is 0.783. The van der Waals surface area contributed by atoms with Crippen molar-refractivity contribution in [1.82, 2.24) is 20.3 Å². The fourth-order valence-corrected chi connectivity index (χ4v) is 5.87. The molecule has 2 amide bonds. The monoisotopic (exact) mass is 456 g/mol. The van der Waals surface area contributed by atoms with E-state index in [2.05, 4.69) is 15.4 Å². The van der Waals surface area contributed by atoms with Crippen molar-refractivity contribution in [2.45, 2.75) is 51.6 Å². The predicted molar refractivity (Wildman–Crippen MR) is 118 cm³/mol. The molecular formula is C24H32N4O5. The first-order chi connectivity index (χ1) is 15.9. The lowest BCUT2D eigenvalue weighted by Gasteiger charge is -2.30. The molecule has 3 atom stereocenters. The van der Waals surface area contributed by atoms with E-state index in [0.29, 0.717) is 43.3 Å². The fourth-order valence-electron chi connectivity index (χ4n) is 5.87. The molecule has 9 nitrogen and oxygen atoms in total. The molecule has 9 heteroatoms. The van der Waals surface area contributed by atoms with Crippen molar-refractivity contribution in [3.8, 4) is 0 Å². The van der Waals surface area contributed by atoms with Gasteiger partial charge >= 0.3 is 0 Å². The summed E-state index contributed by atoms with van der Waals surface area (Å²) in [5, 5.41) is 17.6. The van der Waals surface area contributed by atoms with Gasteiger partial charge in [0.1, 0.15) is 12.0 Å². The van der Waals surface area contributed by atoms with Crippen LogP contribution in [0.2, 0.25) is 0 Å². The van der Waals surface area contributed by atoms with Gasteiger partial charge in [0.05, 0.1) is 17.9 Å². The number of fused-ring (bicyclic) bond motifs is 1. The quantitative estimate of drug-likeness (QED) is 0.684. The van der Waals surface area contributed by atoms with Gasteiger partial charge in [-0.2, -0.15) is 0 Å². The van der Waals surface area contributed by atoms with E-state index in [4.69, 9.17) is 8.94 Å². The Morgan fingerprint density at radius 1 is 1.24 bits per heavy atom. The minimum Gasteiger partial charge on any atom is -0.469 e. The molecule has 0 bridgehead atoms. The van der Waals surface area contributed by atoms with E-state index in [1.807, 2.05) is 19.9 Å². The molecule has 2 saturated heterocycles. The van der Waals surface area contributed by atoms with Crippen molar-refractivity contribution in [2.24, 2.45) is 11.3 Å². The number of carbonyl (C=O) groups is 2. The van der Waals surface area contributed by atoms with E-state index in [1.54, 1.807) is 11.0 Å². The summed E-state index contributed by atoms with van der Waals surface area (Å²) in [7, 11) is 0. The van der Waals surface area contributed by atoms with Crippen LogP contribution in [0.1, 0.15) is 59.3 Å². The molecule has 3 aliphatic rings. The third-order valence-corrected chi connectivity index (χ3v) is 7.60. The van der Waals surface area contributed by atoms with Gasteiger partial charge in [0, 0.05) is 43.7 Å². The van der Waals surface area contributed by atoms with Gasteiger partial charge in [-0.05, 0) is 38.7 Å². The summed E-state index contributed by atoms with van der Waals surface area (Å²) in [5.74, 6) is 1.12. The highest BCUT2D eigenvalue weighted by atomic mass is 16.5. The van der Waals surface area contributed by atoms with Crippen molar-refractivity contribution in [3.63, 3.8) is 0 Å². The van der Waals surface area contributed by atoms with Gasteiger partial charge in [0.25, 0.3) is 5.91 Å². The number of nitrogens with one attached hydrogen (secondary N) is 1. The number of hydrogen-bond donors (Lipinski definition) is 2. The van der Waals surface area contributed by atoms with Crippen LogP contribution in [0.3, 0.4) is 0 Å². The zero-order valence-electron chi connectivity index (χ0n) is 19.2. The highest BCUT2D eigenvalue weighted by molar-refractivity contribution is 5.94. The van der Waals surface area contributed by atoms with Gasteiger partial charge in [0.2, 0.25) is 5.91 Å². The molecule has 4 heterocycles. The number of likely N-dealkylation sites (tertiary alicyclic amines) is 2. The Kier molecular flexibility index (Phi) is 5.78. The van der Waals surface area contributed by atoms with Crippen LogP contribution < -0.4 is 5.32 Å². The zero-order valence-corrected chi connectivity index (χ0v) is 19.2. The molecule has 2 aliphatic heterocycles. The van der Waals surface area contributed by atoms with Crippen molar-refractivity contribution in [1.29, 1.82) is 0 Å². The first-order valence-corrected chi connectivity index (χ1v) is 11.8. The zero-order chi connectivity index (χ0) is 23.2. The Labute approximate surface area is 193 Å². The second-order valence-electron chi connectivity index (χ2n) is 10.0. The minimum atomic E-state index is -0.596. The summed E-state index contributed by atoms with van der Waals surface area (Å²) in [6.45, 7) is 5.68. The van der Waals surface area contributed by atoms with Crippen LogP contribution in [0.5, 0.6) is 0 Å². The van der Waals surface area contributed by atoms with Gasteiger partial charge in [-0.1, -0.05) is 18.0 Å². The summed E-state index contributed by atoms with van der Waals surface area (Å²) in [6, 6.07) is 3.16. The normalized spacial score (nSPS) is 26.6. The molecule has 0 aromatic carbocycles. The smallest absolute Gasteiger partial charge is 0.257 e. The van der Waals surface area contributed by atoms with E-state index < -0.39 is 11.5 Å². The first kappa shape index (κ1) is 22.2.